The lowest BCUT2D eigenvalue weighted by Crippen LogP contribution is -2.32. The Morgan fingerprint density at radius 3 is 0.478 bits per heavy atom. The Morgan fingerprint density at radius 1 is 0.188 bits per heavy atom. The van der Waals surface area contributed by atoms with Crippen LogP contribution in [0.2, 0.25) is 0 Å². The molecule has 10 rings (SSSR count). The van der Waals surface area contributed by atoms with Crippen LogP contribution < -0.4 is 63.7 Å². The molecule has 4 nitrogen and oxygen atoms in total. The second-order valence-electron chi connectivity index (χ2n) is 17.0. The summed E-state index contributed by atoms with van der Waals surface area (Å²) in [6.07, 6.45) is 0.238. The van der Waals surface area contributed by atoms with Gasteiger partial charge in [-0.3, -0.25) is 0 Å². The maximum atomic E-state index is 16.4. The molecule has 0 spiro atoms. The van der Waals surface area contributed by atoms with E-state index >= 15 is 18.3 Å². The summed E-state index contributed by atoms with van der Waals surface area (Å²) in [5.41, 5.74) is 1.49. The van der Waals surface area contributed by atoms with Crippen LogP contribution in [0.15, 0.2) is 279 Å². The number of hydrogen-bond acceptors (Lipinski definition) is 4. The van der Waals surface area contributed by atoms with Gasteiger partial charge in [0.2, 0.25) is 0 Å². The van der Waals surface area contributed by atoms with E-state index < -0.39 is 28.6 Å². The van der Waals surface area contributed by atoms with Crippen LogP contribution >= 0.6 is 28.6 Å². The molecular weight excluding hydrogens is 921 g/mol. The molecule has 0 bridgehead atoms. The van der Waals surface area contributed by atoms with Crippen LogP contribution in [0.5, 0.6) is 0 Å². The summed E-state index contributed by atoms with van der Waals surface area (Å²) in [7, 11) is -14.5. The van der Waals surface area contributed by atoms with Gasteiger partial charge >= 0.3 is 0 Å². The Balaban J connectivity index is 1.28. The zero-order valence-electron chi connectivity index (χ0n) is 37.7. The van der Waals surface area contributed by atoms with E-state index in [2.05, 4.69) is 0 Å². The molecule has 0 amide bonds. The minimum absolute atomic E-state index is 0.238. The first-order valence-corrected chi connectivity index (χ1v) is 29.7. The van der Waals surface area contributed by atoms with E-state index in [4.69, 9.17) is 0 Å². The summed E-state index contributed by atoms with van der Waals surface area (Å²) in [4.78, 5) is 0. The number of benzene rings is 10. The van der Waals surface area contributed by atoms with Gasteiger partial charge in [-0.15, -0.1) is 0 Å². The van der Waals surface area contributed by atoms with E-state index in [9.17, 15) is 0 Å². The largest absolute Gasteiger partial charge is 0.309 e. The molecule has 0 aliphatic rings. The van der Waals surface area contributed by atoms with Crippen molar-refractivity contribution in [2.45, 2.75) is 6.42 Å². The van der Waals surface area contributed by atoms with Gasteiger partial charge < -0.3 is 18.3 Å². The van der Waals surface area contributed by atoms with Gasteiger partial charge in [-0.25, -0.2) is 0 Å². The minimum Gasteiger partial charge on any atom is -0.309 e. The summed E-state index contributed by atoms with van der Waals surface area (Å²) in [5, 5.41) is 7.34. The van der Waals surface area contributed by atoms with Crippen LogP contribution in [-0.2, 0) is 24.7 Å². The third-order valence-corrected chi connectivity index (χ3v) is 24.9. The van der Waals surface area contributed by atoms with Crippen LogP contribution in [0, 0.1) is 0 Å². The monoisotopic (exact) mass is 968 g/mol. The predicted octanol–water partition coefficient (Wildman–Crippen LogP) is 9.83. The van der Waals surface area contributed by atoms with E-state index in [1.165, 1.54) is 0 Å². The fourth-order valence-corrected chi connectivity index (χ4v) is 20.6. The molecule has 0 radical (unpaired) electrons. The van der Waals surface area contributed by atoms with Crippen molar-refractivity contribution in [3.63, 3.8) is 0 Å². The summed E-state index contributed by atoms with van der Waals surface area (Å²) in [6, 6.07) is 87.9. The third kappa shape index (κ3) is 8.65. The van der Waals surface area contributed by atoms with Crippen LogP contribution in [0.4, 0.5) is 0 Å². The van der Waals surface area contributed by atoms with Crippen LogP contribution in [0.25, 0.3) is 0 Å². The zero-order chi connectivity index (χ0) is 47.3. The molecule has 0 fully saturated rings. The summed E-state index contributed by atoms with van der Waals surface area (Å²) in [5.74, 6) is 0. The van der Waals surface area contributed by atoms with Crippen molar-refractivity contribution in [2.75, 3.05) is 0 Å². The van der Waals surface area contributed by atoms with E-state index in [1.807, 2.05) is 279 Å². The molecule has 0 saturated carbocycles. The number of rotatable bonds is 14. The van der Waals surface area contributed by atoms with Gasteiger partial charge in [0.1, 0.15) is 0 Å². The molecule has 0 aliphatic carbocycles. The second-order valence-corrected chi connectivity index (χ2v) is 28.1. The maximum absolute atomic E-state index is 16.4. The molecule has 10 aromatic carbocycles. The Labute approximate surface area is 404 Å². The fraction of sp³-hybridized carbons (Fsp3) is 0.0164. The standard InChI is InChI=1S/C61H48O4P4/c62-66(50-25-9-1-10-26-50,51-27-11-2-12-28-51)58-42-48(43-59(46-58)67(63,52-29-13-3-14-30-52)53-31-15-4-16-32-53)41-49-44-60(68(64,54-33-17-5-18-34-54)55-35-19-6-20-36-55)47-61(45-49)69(65,56-37-21-7-22-38-56)57-39-23-8-24-40-57/h1-40,42-47H,41H2. The van der Waals surface area contributed by atoms with Crippen LogP contribution in [0.3, 0.4) is 0 Å². The lowest BCUT2D eigenvalue weighted by Gasteiger charge is -2.26. The molecule has 0 heterocycles. The van der Waals surface area contributed by atoms with E-state index in [0.717, 1.165) is 11.1 Å². The first kappa shape index (κ1) is 45.9. The van der Waals surface area contributed by atoms with Gasteiger partial charge in [-0.2, -0.15) is 0 Å². The van der Waals surface area contributed by atoms with Gasteiger partial charge in [0.25, 0.3) is 0 Å². The highest BCUT2D eigenvalue weighted by atomic mass is 31.2. The fourth-order valence-electron chi connectivity index (χ4n) is 9.37. The predicted molar refractivity (Wildman–Crippen MR) is 293 cm³/mol. The maximum Gasteiger partial charge on any atom is 0.171 e. The normalized spacial score (nSPS) is 12.1. The van der Waals surface area contributed by atoms with E-state index in [-0.39, 0.29) is 6.42 Å². The molecular formula is C61H48O4P4. The quantitative estimate of drug-likeness (QED) is 0.102. The average molecular weight is 969 g/mol. The molecule has 0 N–H and O–H groups in total. The molecule has 0 atom stereocenters. The highest BCUT2D eigenvalue weighted by molar-refractivity contribution is 7.87. The van der Waals surface area contributed by atoms with Crippen LogP contribution in [0.1, 0.15) is 11.1 Å². The number of hydrogen-bond donors (Lipinski definition) is 0. The van der Waals surface area contributed by atoms with E-state index in [1.54, 1.807) is 0 Å². The molecule has 69 heavy (non-hydrogen) atoms. The average Bonchev–Trinajstić information content (AvgIpc) is 3.43. The van der Waals surface area contributed by atoms with Gasteiger partial charge in [-0.1, -0.05) is 243 Å². The zero-order valence-corrected chi connectivity index (χ0v) is 41.3. The van der Waals surface area contributed by atoms with Crippen molar-refractivity contribution in [3.8, 4) is 0 Å². The summed E-state index contributed by atoms with van der Waals surface area (Å²) >= 11 is 0. The van der Waals surface area contributed by atoms with Gasteiger partial charge in [-0.05, 0) is 53.9 Å². The van der Waals surface area contributed by atoms with Gasteiger partial charge in [0, 0.05) is 63.7 Å². The Morgan fingerprint density at radius 2 is 0.333 bits per heavy atom. The highest BCUT2D eigenvalue weighted by Crippen LogP contribution is 2.48. The molecule has 8 heteroatoms. The molecule has 336 valence electrons. The molecule has 0 unspecified atom stereocenters. The van der Waals surface area contributed by atoms with Crippen molar-refractivity contribution in [2.24, 2.45) is 0 Å². The smallest absolute Gasteiger partial charge is 0.171 e. The summed E-state index contributed by atoms with van der Waals surface area (Å²) in [6.45, 7) is 0. The molecule has 0 aromatic heterocycles. The Bertz CT molecular complexity index is 2920. The van der Waals surface area contributed by atoms with Crippen molar-refractivity contribution in [1.29, 1.82) is 0 Å². The minimum atomic E-state index is -3.63. The lowest BCUT2D eigenvalue weighted by molar-refractivity contribution is 0.591. The molecule has 0 aliphatic heterocycles. The van der Waals surface area contributed by atoms with Crippen molar-refractivity contribution < 1.29 is 18.3 Å². The van der Waals surface area contributed by atoms with Crippen molar-refractivity contribution >= 4 is 92.2 Å². The topological polar surface area (TPSA) is 68.3 Å². The third-order valence-electron chi connectivity index (χ3n) is 12.7. The Kier molecular flexibility index (Phi) is 13.0. The van der Waals surface area contributed by atoms with Crippen molar-refractivity contribution in [1.82, 2.24) is 0 Å². The SMILES string of the molecule is O=P(c1ccccc1)(c1ccccc1)c1cc(Cc2cc(P(=O)(c3ccccc3)c3ccccc3)cc(P(=O)(c3ccccc3)c3ccccc3)c2)cc(P(=O)(c2ccccc2)c2ccccc2)c1. The summed E-state index contributed by atoms with van der Waals surface area (Å²) < 4.78 is 65.6. The Hall–Kier alpha value is -6.88. The van der Waals surface area contributed by atoms with Crippen molar-refractivity contribution in [3.05, 3.63) is 290 Å². The first-order valence-electron chi connectivity index (χ1n) is 22.9. The lowest BCUT2D eigenvalue weighted by atomic mass is 10.1. The molecule has 10 aromatic rings. The second kappa shape index (κ2) is 19.6. The van der Waals surface area contributed by atoms with Gasteiger partial charge in [0.15, 0.2) is 28.6 Å². The van der Waals surface area contributed by atoms with Gasteiger partial charge in [0.05, 0.1) is 0 Å². The van der Waals surface area contributed by atoms with Crippen LogP contribution in [-0.4, -0.2) is 0 Å². The first-order chi connectivity index (χ1) is 33.7. The molecule has 0 saturated heterocycles. The van der Waals surface area contributed by atoms with E-state index in [0.29, 0.717) is 63.7 Å². The highest BCUT2D eigenvalue weighted by Gasteiger charge is 2.37.